The maximum Gasteiger partial charge on any atom is 0.254 e. The normalized spacial score (nSPS) is 14.0. The van der Waals surface area contributed by atoms with Gasteiger partial charge in [-0.05, 0) is 37.6 Å². The molecule has 2 aromatic rings. The van der Waals surface area contributed by atoms with Crippen molar-refractivity contribution in [3.8, 4) is 11.5 Å². The zero-order chi connectivity index (χ0) is 21.7. The molecule has 1 aliphatic rings. The Morgan fingerprint density at radius 3 is 2.60 bits per heavy atom. The number of carbonyl (C=O) groups excluding carboxylic acids is 1. The molecule has 0 N–H and O–H groups in total. The number of methoxy groups -OCH3 is 1. The Hall–Kier alpha value is -2.44. The largest absolute Gasteiger partial charge is 0.493 e. The van der Waals surface area contributed by atoms with Gasteiger partial charge < -0.3 is 24.0 Å². The van der Waals surface area contributed by atoms with Crippen molar-refractivity contribution in [3.63, 3.8) is 0 Å². The summed E-state index contributed by atoms with van der Waals surface area (Å²) in [5.41, 5.74) is 2.68. The van der Waals surface area contributed by atoms with E-state index in [9.17, 15) is 4.79 Å². The SMILES string of the molecule is COc1cc(C(=O)N(C)Cc2ccccc2N2CCOCC2)cc(Cl)c1OC(C)C. The lowest BCUT2D eigenvalue weighted by Crippen LogP contribution is -2.37. The summed E-state index contributed by atoms with van der Waals surface area (Å²) in [5.74, 6) is 0.760. The Kier molecular flexibility index (Phi) is 7.45. The molecule has 0 saturated carbocycles. The highest BCUT2D eigenvalue weighted by atomic mass is 35.5. The van der Waals surface area contributed by atoms with Crippen molar-refractivity contribution >= 4 is 23.2 Å². The van der Waals surface area contributed by atoms with Crippen LogP contribution in [0.4, 0.5) is 5.69 Å². The number of rotatable bonds is 7. The van der Waals surface area contributed by atoms with Crippen molar-refractivity contribution in [3.05, 3.63) is 52.5 Å². The van der Waals surface area contributed by atoms with Crippen LogP contribution in [0.3, 0.4) is 0 Å². The lowest BCUT2D eigenvalue weighted by molar-refractivity contribution is 0.0784. The molecule has 3 rings (SSSR count). The quantitative estimate of drug-likeness (QED) is 0.654. The van der Waals surface area contributed by atoms with E-state index in [0.717, 1.165) is 24.3 Å². The molecule has 0 bridgehead atoms. The predicted molar refractivity (Wildman–Crippen MR) is 119 cm³/mol. The van der Waals surface area contributed by atoms with Crippen LogP contribution in [0.15, 0.2) is 36.4 Å². The van der Waals surface area contributed by atoms with Gasteiger partial charge in [-0.15, -0.1) is 0 Å². The summed E-state index contributed by atoms with van der Waals surface area (Å²) in [5, 5.41) is 0.355. The summed E-state index contributed by atoms with van der Waals surface area (Å²) in [6.07, 6.45) is -0.0580. The molecule has 1 saturated heterocycles. The molecule has 2 aromatic carbocycles. The summed E-state index contributed by atoms with van der Waals surface area (Å²) in [6.45, 7) is 7.43. The third-order valence-corrected chi connectivity index (χ3v) is 5.21. The van der Waals surface area contributed by atoms with E-state index in [0.29, 0.717) is 41.8 Å². The second-order valence-corrected chi connectivity index (χ2v) is 7.95. The van der Waals surface area contributed by atoms with Crippen LogP contribution in [0.1, 0.15) is 29.8 Å². The molecule has 1 heterocycles. The standard InChI is InChI=1S/C23H29ClN2O4/c1-16(2)30-22-19(24)13-18(14-21(22)28-4)23(27)25(3)15-17-7-5-6-8-20(17)26-9-11-29-12-10-26/h5-8,13-14,16H,9-12,15H2,1-4H3. The molecule has 7 heteroatoms. The smallest absolute Gasteiger partial charge is 0.254 e. The Morgan fingerprint density at radius 1 is 1.23 bits per heavy atom. The molecule has 0 atom stereocenters. The summed E-state index contributed by atoms with van der Waals surface area (Å²) in [4.78, 5) is 17.1. The number of amides is 1. The lowest BCUT2D eigenvalue weighted by Gasteiger charge is -2.31. The van der Waals surface area contributed by atoms with E-state index in [1.54, 1.807) is 24.1 Å². The second-order valence-electron chi connectivity index (χ2n) is 7.55. The Labute approximate surface area is 183 Å². The zero-order valence-corrected chi connectivity index (χ0v) is 18.7. The van der Waals surface area contributed by atoms with Crippen molar-refractivity contribution in [2.45, 2.75) is 26.5 Å². The molecule has 1 amide bonds. The third kappa shape index (κ3) is 5.18. The summed E-state index contributed by atoms with van der Waals surface area (Å²) < 4.78 is 16.6. The van der Waals surface area contributed by atoms with Crippen molar-refractivity contribution < 1.29 is 19.0 Å². The van der Waals surface area contributed by atoms with Crippen LogP contribution in [0.25, 0.3) is 0 Å². The first kappa shape index (κ1) is 22.2. The van der Waals surface area contributed by atoms with Gasteiger partial charge in [0.15, 0.2) is 11.5 Å². The molecule has 30 heavy (non-hydrogen) atoms. The van der Waals surface area contributed by atoms with E-state index in [4.69, 9.17) is 25.8 Å². The van der Waals surface area contributed by atoms with Crippen LogP contribution in [0.5, 0.6) is 11.5 Å². The minimum Gasteiger partial charge on any atom is -0.493 e. The molecule has 0 spiro atoms. The van der Waals surface area contributed by atoms with Crippen LogP contribution < -0.4 is 14.4 Å². The number of nitrogens with zero attached hydrogens (tertiary/aromatic N) is 2. The van der Waals surface area contributed by atoms with Crippen molar-refractivity contribution in [1.82, 2.24) is 4.90 Å². The summed E-state index contributed by atoms with van der Waals surface area (Å²) >= 11 is 6.40. The van der Waals surface area contributed by atoms with Crippen molar-refractivity contribution in [2.75, 3.05) is 45.4 Å². The van der Waals surface area contributed by atoms with Gasteiger partial charge in [0, 0.05) is 37.9 Å². The molecular formula is C23H29ClN2O4. The maximum atomic E-state index is 13.1. The zero-order valence-electron chi connectivity index (χ0n) is 18.0. The fraction of sp³-hybridized carbons (Fsp3) is 0.435. The Morgan fingerprint density at radius 2 is 1.93 bits per heavy atom. The van der Waals surface area contributed by atoms with E-state index in [2.05, 4.69) is 17.0 Å². The molecule has 1 aliphatic heterocycles. The number of benzene rings is 2. The van der Waals surface area contributed by atoms with E-state index in [-0.39, 0.29) is 12.0 Å². The number of hydrogen-bond acceptors (Lipinski definition) is 5. The van der Waals surface area contributed by atoms with Gasteiger partial charge in [-0.3, -0.25) is 4.79 Å². The van der Waals surface area contributed by atoms with E-state index in [1.165, 1.54) is 7.11 Å². The van der Waals surface area contributed by atoms with Crippen molar-refractivity contribution in [1.29, 1.82) is 0 Å². The molecular weight excluding hydrogens is 404 g/mol. The number of carbonyl (C=O) groups is 1. The second kappa shape index (κ2) is 10.0. The predicted octanol–water partition coefficient (Wildman–Crippen LogP) is 4.24. The molecule has 0 unspecified atom stereocenters. The number of hydrogen-bond donors (Lipinski definition) is 0. The number of anilines is 1. The number of para-hydroxylation sites is 1. The average molecular weight is 433 g/mol. The minimum atomic E-state index is -0.136. The van der Waals surface area contributed by atoms with E-state index >= 15 is 0 Å². The van der Waals surface area contributed by atoms with Gasteiger partial charge in [-0.25, -0.2) is 0 Å². The summed E-state index contributed by atoms with van der Waals surface area (Å²) in [6, 6.07) is 11.5. The average Bonchev–Trinajstić information content (AvgIpc) is 2.75. The molecule has 0 aromatic heterocycles. The molecule has 6 nitrogen and oxygen atoms in total. The first-order valence-corrected chi connectivity index (χ1v) is 10.5. The monoisotopic (exact) mass is 432 g/mol. The van der Waals surface area contributed by atoms with Gasteiger partial charge in [0.25, 0.3) is 5.91 Å². The van der Waals surface area contributed by atoms with Crippen LogP contribution in [0, 0.1) is 0 Å². The maximum absolute atomic E-state index is 13.1. The summed E-state index contributed by atoms with van der Waals surface area (Å²) in [7, 11) is 3.33. The van der Waals surface area contributed by atoms with Gasteiger partial charge in [0.1, 0.15) is 0 Å². The first-order valence-electron chi connectivity index (χ1n) is 10.1. The molecule has 1 fully saturated rings. The van der Waals surface area contributed by atoms with Crippen LogP contribution >= 0.6 is 11.6 Å². The van der Waals surface area contributed by atoms with Gasteiger partial charge >= 0.3 is 0 Å². The Bertz CT molecular complexity index is 882. The van der Waals surface area contributed by atoms with Gasteiger partial charge in [0.2, 0.25) is 0 Å². The fourth-order valence-corrected chi connectivity index (χ4v) is 3.75. The van der Waals surface area contributed by atoms with E-state index < -0.39 is 0 Å². The Balaban J connectivity index is 1.81. The van der Waals surface area contributed by atoms with Crippen molar-refractivity contribution in [2.24, 2.45) is 0 Å². The van der Waals surface area contributed by atoms with Gasteiger partial charge in [0.05, 0.1) is 31.5 Å². The third-order valence-electron chi connectivity index (χ3n) is 4.93. The van der Waals surface area contributed by atoms with Gasteiger partial charge in [-0.2, -0.15) is 0 Å². The minimum absolute atomic E-state index is 0.0580. The number of morpholine rings is 1. The molecule has 162 valence electrons. The highest BCUT2D eigenvalue weighted by Gasteiger charge is 2.21. The molecule has 0 radical (unpaired) electrons. The number of ether oxygens (including phenoxy) is 3. The fourth-order valence-electron chi connectivity index (χ4n) is 3.50. The van der Waals surface area contributed by atoms with Crippen LogP contribution in [0.2, 0.25) is 5.02 Å². The topological polar surface area (TPSA) is 51.2 Å². The van der Waals surface area contributed by atoms with Gasteiger partial charge in [-0.1, -0.05) is 29.8 Å². The van der Waals surface area contributed by atoms with Crippen LogP contribution in [-0.2, 0) is 11.3 Å². The first-order chi connectivity index (χ1) is 14.4. The highest BCUT2D eigenvalue weighted by molar-refractivity contribution is 6.32. The molecule has 0 aliphatic carbocycles. The lowest BCUT2D eigenvalue weighted by atomic mass is 10.1. The van der Waals surface area contributed by atoms with Crippen LogP contribution in [-0.4, -0.2) is 57.4 Å². The van der Waals surface area contributed by atoms with E-state index in [1.807, 2.05) is 26.0 Å². The number of halogens is 1. The highest BCUT2D eigenvalue weighted by Crippen LogP contribution is 2.37.